The monoisotopic (exact) mass is 288 g/mol. The first-order valence-corrected chi connectivity index (χ1v) is 6.83. The number of rotatable bonds is 2. The van der Waals surface area contributed by atoms with Gasteiger partial charge in [0.15, 0.2) is 0 Å². The Hall–Kier alpha value is -0.350. The molecule has 1 fully saturated rings. The number of carbonyl (C=O) groups is 1. The molecule has 1 aliphatic rings. The third kappa shape index (κ3) is 3.05. The Labute approximate surface area is 102 Å². The van der Waals surface area contributed by atoms with Gasteiger partial charge >= 0.3 is 5.97 Å². The molecular weight excluding hydrogens is 276 g/mol. The Bertz CT molecular complexity index is 342. The van der Waals surface area contributed by atoms with E-state index in [-0.39, 0.29) is 12.1 Å². The summed E-state index contributed by atoms with van der Waals surface area (Å²) in [6.45, 7) is 0. The fourth-order valence-corrected chi connectivity index (χ4v) is 3.09. The second-order valence-corrected chi connectivity index (χ2v) is 6.23. The maximum Gasteiger partial charge on any atom is 0.348 e. The van der Waals surface area contributed by atoms with Gasteiger partial charge in [-0.3, -0.25) is 0 Å². The molecule has 0 N–H and O–H groups in total. The molecule has 0 unspecified atom stereocenters. The zero-order valence-corrected chi connectivity index (χ0v) is 10.8. The predicted octanol–water partition coefficient (Wildman–Crippen LogP) is 4.00. The van der Waals surface area contributed by atoms with Crippen molar-refractivity contribution in [3.8, 4) is 0 Å². The number of halogens is 1. The van der Waals surface area contributed by atoms with Crippen molar-refractivity contribution in [3.63, 3.8) is 0 Å². The minimum absolute atomic E-state index is 0.145. The Kier molecular flexibility index (Phi) is 3.81. The van der Waals surface area contributed by atoms with Crippen molar-refractivity contribution >= 4 is 33.2 Å². The zero-order valence-electron chi connectivity index (χ0n) is 8.37. The van der Waals surface area contributed by atoms with Crippen LogP contribution >= 0.6 is 27.3 Å². The molecule has 0 spiro atoms. The first kappa shape index (κ1) is 11.1. The maximum absolute atomic E-state index is 11.7. The van der Waals surface area contributed by atoms with Gasteiger partial charge < -0.3 is 4.74 Å². The molecule has 0 aliphatic heterocycles. The molecule has 1 heterocycles. The normalized spacial score (nSPS) is 17.7. The molecule has 0 saturated heterocycles. The SMILES string of the molecule is O=C(OC1CCCCC1)c1ccc(Br)s1. The van der Waals surface area contributed by atoms with Gasteiger partial charge in [0.2, 0.25) is 0 Å². The van der Waals surface area contributed by atoms with Crippen LogP contribution in [0.5, 0.6) is 0 Å². The highest BCUT2D eigenvalue weighted by molar-refractivity contribution is 9.11. The summed E-state index contributed by atoms with van der Waals surface area (Å²) in [6.07, 6.45) is 5.85. The zero-order chi connectivity index (χ0) is 10.7. The van der Waals surface area contributed by atoms with Gasteiger partial charge in [0.25, 0.3) is 0 Å². The molecule has 0 amide bonds. The quantitative estimate of drug-likeness (QED) is 0.769. The van der Waals surface area contributed by atoms with Crippen molar-refractivity contribution in [1.82, 2.24) is 0 Å². The van der Waals surface area contributed by atoms with Crippen LogP contribution in [0.1, 0.15) is 41.8 Å². The van der Waals surface area contributed by atoms with E-state index in [1.807, 2.05) is 6.07 Å². The van der Waals surface area contributed by atoms with Crippen LogP contribution in [0, 0.1) is 0 Å². The second-order valence-electron chi connectivity index (χ2n) is 3.77. The summed E-state index contributed by atoms with van der Waals surface area (Å²) in [4.78, 5) is 12.4. The molecule has 0 bridgehead atoms. The Balaban J connectivity index is 1.91. The molecular formula is C11H13BrO2S. The summed E-state index contributed by atoms with van der Waals surface area (Å²) in [7, 11) is 0. The highest BCUT2D eigenvalue weighted by atomic mass is 79.9. The van der Waals surface area contributed by atoms with E-state index in [1.165, 1.54) is 30.6 Å². The molecule has 1 aliphatic carbocycles. The molecule has 1 aromatic rings. The van der Waals surface area contributed by atoms with Crippen molar-refractivity contribution in [2.75, 3.05) is 0 Å². The van der Waals surface area contributed by atoms with E-state index >= 15 is 0 Å². The lowest BCUT2D eigenvalue weighted by Gasteiger charge is -2.21. The molecule has 15 heavy (non-hydrogen) atoms. The first-order valence-electron chi connectivity index (χ1n) is 5.22. The summed E-state index contributed by atoms with van der Waals surface area (Å²) in [5, 5.41) is 0. The molecule has 2 rings (SSSR count). The average Bonchev–Trinajstić information content (AvgIpc) is 2.66. The van der Waals surface area contributed by atoms with Crippen molar-refractivity contribution in [3.05, 3.63) is 20.8 Å². The third-order valence-electron chi connectivity index (χ3n) is 2.60. The van der Waals surface area contributed by atoms with Gasteiger partial charge in [-0.2, -0.15) is 0 Å². The Morgan fingerprint density at radius 1 is 1.33 bits per heavy atom. The molecule has 0 atom stereocenters. The largest absolute Gasteiger partial charge is 0.458 e. The Morgan fingerprint density at radius 2 is 2.07 bits per heavy atom. The number of ether oxygens (including phenoxy) is 1. The van der Waals surface area contributed by atoms with E-state index in [0.29, 0.717) is 4.88 Å². The molecule has 0 radical (unpaired) electrons. The molecule has 0 aromatic carbocycles. The minimum atomic E-state index is -0.169. The summed E-state index contributed by atoms with van der Waals surface area (Å²) in [5.41, 5.74) is 0. The van der Waals surface area contributed by atoms with E-state index in [4.69, 9.17) is 4.74 Å². The standard InChI is InChI=1S/C11H13BrO2S/c12-10-7-6-9(15-10)11(13)14-8-4-2-1-3-5-8/h6-8H,1-5H2. The maximum atomic E-state index is 11.7. The van der Waals surface area contributed by atoms with Gasteiger partial charge in [0.05, 0.1) is 3.79 Å². The van der Waals surface area contributed by atoms with Crippen LogP contribution in [0.4, 0.5) is 0 Å². The van der Waals surface area contributed by atoms with Crippen molar-refractivity contribution in [1.29, 1.82) is 0 Å². The van der Waals surface area contributed by atoms with Crippen molar-refractivity contribution in [2.45, 2.75) is 38.2 Å². The van der Waals surface area contributed by atoms with Crippen LogP contribution < -0.4 is 0 Å². The third-order valence-corrected chi connectivity index (χ3v) is 4.20. The smallest absolute Gasteiger partial charge is 0.348 e. The number of hydrogen-bond acceptors (Lipinski definition) is 3. The number of hydrogen-bond donors (Lipinski definition) is 0. The van der Waals surface area contributed by atoms with E-state index in [2.05, 4.69) is 15.9 Å². The number of carbonyl (C=O) groups excluding carboxylic acids is 1. The molecule has 1 saturated carbocycles. The van der Waals surface area contributed by atoms with Crippen molar-refractivity contribution in [2.24, 2.45) is 0 Å². The summed E-state index contributed by atoms with van der Waals surface area (Å²) in [6, 6.07) is 3.68. The van der Waals surface area contributed by atoms with E-state index in [9.17, 15) is 4.79 Å². The lowest BCUT2D eigenvalue weighted by molar-refractivity contribution is 0.0217. The molecule has 1 aromatic heterocycles. The van der Waals surface area contributed by atoms with Crippen molar-refractivity contribution < 1.29 is 9.53 Å². The highest BCUT2D eigenvalue weighted by Gasteiger charge is 2.19. The lowest BCUT2D eigenvalue weighted by atomic mass is 9.98. The van der Waals surface area contributed by atoms with Gasteiger partial charge in [-0.1, -0.05) is 6.42 Å². The highest BCUT2D eigenvalue weighted by Crippen LogP contribution is 2.25. The van der Waals surface area contributed by atoms with Gasteiger partial charge in [-0.25, -0.2) is 4.79 Å². The van der Waals surface area contributed by atoms with Gasteiger partial charge in [0, 0.05) is 0 Å². The van der Waals surface area contributed by atoms with E-state index < -0.39 is 0 Å². The number of esters is 1. The molecule has 2 nitrogen and oxygen atoms in total. The van der Waals surface area contributed by atoms with Crippen LogP contribution in [0.15, 0.2) is 15.9 Å². The number of thiophene rings is 1. The summed E-state index contributed by atoms with van der Waals surface area (Å²) >= 11 is 4.76. The van der Waals surface area contributed by atoms with Crippen LogP contribution in [0.25, 0.3) is 0 Å². The van der Waals surface area contributed by atoms with Gasteiger partial charge in [-0.05, 0) is 53.7 Å². The van der Waals surface area contributed by atoms with E-state index in [0.717, 1.165) is 16.6 Å². The van der Waals surface area contributed by atoms with Crippen LogP contribution in [-0.2, 0) is 4.74 Å². The summed E-state index contributed by atoms with van der Waals surface area (Å²) < 4.78 is 6.41. The van der Waals surface area contributed by atoms with Crippen LogP contribution in [0.2, 0.25) is 0 Å². The lowest BCUT2D eigenvalue weighted by Crippen LogP contribution is -2.20. The topological polar surface area (TPSA) is 26.3 Å². The Morgan fingerprint density at radius 3 is 2.67 bits per heavy atom. The minimum Gasteiger partial charge on any atom is -0.458 e. The van der Waals surface area contributed by atoms with Gasteiger partial charge in [0.1, 0.15) is 11.0 Å². The summed E-state index contributed by atoms with van der Waals surface area (Å²) in [5.74, 6) is -0.169. The fraction of sp³-hybridized carbons (Fsp3) is 0.545. The molecule has 4 heteroatoms. The first-order chi connectivity index (χ1) is 7.25. The fourth-order valence-electron chi connectivity index (χ4n) is 1.82. The van der Waals surface area contributed by atoms with Crippen LogP contribution in [-0.4, -0.2) is 12.1 Å². The second kappa shape index (κ2) is 5.12. The molecule has 82 valence electrons. The predicted molar refractivity (Wildman–Crippen MR) is 64.3 cm³/mol. The van der Waals surface area contributed by atoms with Gasteiger partial charge in [-0.15, -0.1) is 11.3 Å². The average molecular weight is 289 g/mol. The van der Waals surface area contributed by atoms with Crippen LogP contribution in [0.3, 0.4) is 0 Å². The van der Waals surface area contributed by atoms with E-state index in [1.54, 1.807) is 6.07 Å².